The lowest BCUT2D eigenvalue weighted by Crippen LogP contribution is -2.58. The highest BCUT2D eigenvalue weighted by molar-refractivity contribution is 5.02. The van der Waals surface area contributed by atoms with Crippen LogP contribution in [0.4, 0.5) is 17.6 Å². The Hall–Kier alpha value is -0.280. The maximum absolute atomic E-state index is 13.3. The number of alkyl halides is 4. The van der Waals surface area contributed by atoms with E-state index in [-0.39, 0.29) is 12.8 Å². The average molecular weight is 198 g/mol. The van der Waals surface area contributed by atoms with Crippen molar-refractivity contribution in [2.24, 2.45) is 11.3 Å². The van der Waals surface area contributed by atoms with E-state index in [1.54, 1.807) is 0 Å². The lowest BCUT2D eigenvalue weighted by atomic mass is 9.68. The summed E-state index contributed by atoms with van der Waals surface area (Å²) in [4.78, 5) is 0. The van der Waals surface area contributed by atoms with Crippen LogP contribution in [0.15, 0.2) is 0 Å². The molecule has 1 rings (SSSR count). The smallest absolute Gasteiger partial charge is 0.200 e. The Kier molecular flexibility index (Phi) is 2.17. The predicted molar refractivity (Wildman–Crippen MR) is 42.1 cm³/mol. The largest absolute Gasteiger partial charge is 0.315 e. The first-order chi connectivity index (χ1) is 5.63. The van der Waals surface area contributed by atoms with Gasteiger partial charge in [0.15, 0.2) is 0 Å². The minimum Gasteiger partial charge on any atom is -0.200 e. The summed E-state index contributed by atoms with van der Waals surface area (Å²) in [6.45, 7) is 3.59. The third kappa shape index (κ3) is 1.25. The molecule has 4 heteroatoms. The number of hydrogen-bond acceptors (Lipinski definition) is 0. The van der Waals surface area contributed by atoms with Gasteiger partial charge in [-0.15, -0.1) is 0 Å². The maximum atomic E-state index is 13.3. The summed E-state index contributed by atoms with van der Waals surface area (Å²) in [5, 5.41) is 0. The zero-order valence-electron chi connectivity index (χ0n) is 8.00. The summed E-state index contributed by atoms with van der Waals surface area (Å²) in [5.74, 6) is -8.98. The second kappa shape index (κ2) is 2.61. The van der Waals surface area contributed by atoms with E-state index in [0.717, 1.165) is 0 Å². The van der Waals surface area contributed by atoms with Gasteiger partial charge in [-0.25, -0.2) is 0 Å². The van der Waals surface area contributed by atoms with Crippen LogP contribution in [0.1, 0.15) is 33.6 Å². The van der Waals surface area contributed by atoms with Crippen LogP contribution in [-0.2, 0) is 0 Å². The zero-order chi connectivity index (χ0) is 10.5. The van der Waals surface area contributed by atoms with E-state index in [0.29, 0.717) is 0 Å². The third-order valence-electron chi connectivity index (χ3n) is 3.09. The number of hydrogen-bond donors (Lipinski definition) is 0. The van der Waals surface area contributed by atoms with Gasteiger partial charge in [0.2, 0.25) is 0 Å². The fourth-order valence-electron chi connectivity index (χ4n) is 1.68. The maximum Gasteiger partial charge on any atom is 0.315 e. The van der Waals surface area contributed by atoms with Crippen LogP contribution >= 0.6 is 0 Å². The Morgan fingerprint density at radius 3 is 1.92 bits per heavy atom. The van der Waals surface area contributed by atoms with Crippen molar-refractivity contribution in [1.82, 2.24) is 0 Å². The van der Waals surface area contributed by atoms with Gasteiger partial charge in [-0.3, -0.25) is 0 Å². The molecule has 0 bridgehead atoms. The normalized spacial score (nSPS) is 35.8. The van der Waals surface area contributed by atoms with Crippen molar-refractivity contribution in [2.45, 2.75) is 45.5 Å². The molecule has 0 aromatic heterocycles. The van der Waals surface area contributed by atoms with Crippen LogP contribution in [0, 0.1) is 11.3 Å². The van der Waals surface area contributed by atoms with Crippen LogP contribution in [0.25, 0.3) is 0 Å². The fraction of sp³-hybridized carbons (Fsp3) is 1.00. The quantitative estimate of drug-likeness (QED) is 0.520. The Balaban J connectivity index is 3.07. The van der Waals surface area contributed by atoms with Crippen molar-refractivity contribution in [3.63, 3.8) is 0 Å². The second-order valence-corrected chi connectivity index (χ2v) is 4.52. The number of rotatable bonds is 0. The molecule has 0 amide bonds. The summed E-state index contributed by atoms with van der Waals surface area (Å²) in [6, 6.07) is 0. The molecule has 0 aliphatic heterocycles. The van der Waals surface area contributed by atoms with Gasteiger partial charge < -0.3 is 0 Å². The van der Waals surface area contributed by atoms with E-state index in [1.807, 2.05) is 0 Å². The highest BCUT2D eigenvalue weighted by Gasteiger charge is 2.68. The molecule has 78 valence electrons. The van der Waals surface area contributed by atoms with E-state index in [2.05, 4.69) is 0 Å². The number of halogens is 4. The van der Waals surface area contributed by atoms with Gasteiger partial charge in [0, 0.05) is 11.3 Å². The molecule has 0 N–H and O–H groups in total. The average Bonchev–Trinajstić information content (AvgIpc) is 1.97. The van der Waals surface area contributed by atoms with Gasteiger partial charge in [0.1, 0.15) is 0 Å². The van der Waals surface area contributed by atoms with Crippen molar-refractivity contribution < 1.29 is 17.6 Å². The van der Waals surface area contributed by atoms with Gasteiger partial charge in [-0.1, -0.05) is 20.8 Å². The molecule has 0 heterocycles. The van der Waals surface area contributed by atoms with Crippen LogP contribution in [-0.4, -0.2) is 11.8 Å². The summed E-state index contributed by atoms with van der Waals surface area (Å²) in [7, 11) is 0. The summed E-state index contributed by atoms with van der Waals surface area (Å²) in [5.41, 5.74) is -1.59. The SMILES string of the molecule is CC1CCC(C)(C)C(F)(F)C1(F)F. The molecule has 1 unspecified atom stereocenters. The van der Waals surface area contributed by atoms with E-state index in [9.17, 15) is 17.6 Å². The molecule has 0 nitrogen and oxygen atoms in total. The van der Waals surface area contributed by atoms with Crippen molar-refractivity contribution in [3.05, 3.63) is 0 Å². The molecular formula is C9H14F4. The molecular weight excluding hydrogens is 184 g/mol. The Labute approximate surface area is 75.3 Å². The van der Waals surface area contributed by atoms with Gasteiger partial charge in [0.25, 0.3) is 0 Å². The molecule has 13 heavy (non-hydrogen) atoms. The highest BCUT2D eigenvalue weighted by atomic mass is 19.3. The van der Waals surface area contributed by atoms with Crippen molar-refractivity contribution in [1.29, 1.82) is 0 Å². The lowest BCUT2D eigenvalue weighted by Gasteiger charge is -2.46. The summed E-state index contributed by atoms with van der Waals surface area (Å²) < 4.78 is 52.8. The van der Waals surface area contributed by atoms with Gasteiger partial charge in [0.05, 0.1) is 0 Å². The Morgan fingerprint density at radius 2 is 1.54 bits per heavy atom. The van der Waals surface area contributed by atoms with E-state index < -0.39 is 23.2 Å². The molecule has 0 aromatic rings. The Morgan fingerprint density at radius 1 is 1.08 bits per heavy atom. The third-order valence-corrected chi connectivity index (χ3v) is 3.09. The highest BCUT2D eigenvalue weighted by Crippen LogP contribution is 2.57. The molecule has 0 spiro atoms. The van der Waals surface area contributed by atoms with Crippen LogP contribution in [0.3, 0.4) is 0 Å². The second-order valence-electron chi connectivity index (χ2n) is 4.52. The molecule has 0 saturated heterocycles. The van der Waals surface area contributed by atoms with E-state index >= 15 is 0 Å². The van der Waals surface area contributed by atoms with Gasteiger partial charge >= 0.3 is 11.8 Å². The first kappa shape index (κ1) is 10.8. The topological polar surface area (TPSA) is 0 Å². The monoisotopic (exact) mass is 198 g/mol. The molecule has 0 aromatic carbocycles. The molecule has 1 atom stereocenters. The van der Waals surface area contributed by atoms with Gasteiger partial charge in [-0.05, 0) is 12.8 Å². The van der Waals surface area contributed by atoms with Crippen molar-refractivity contribution in [3.8, 4) is 0 Å². The molecule has 1 saturated carbocycles. The first-order valence-corrected chi connectivity index (χ1v) is 4.38. The standard InChI is InChI=1S/C9H14F4/c1-6-4-5-7(2,3)9(12,13)8(6,10)11/h6H,4-5H2,1-3H3. The fourth-order valence-corrected chi connectivity index (χ4v) is 1.68. The van der Waals surface area contributed by atoms with E-state index in [4.69, 9.17) is 0 Å². The van der Waals surface area contributed by atoms with Crippen LogP contribution in [0.2, 0.25) is 0 Å². The molecule has 0 radical (unpaired) electrons. The Bertz CT molecular complexity index is 208. The zero-order valence-corrected chi connectivity index (χ0v) is 8.00. The lowest BCUT2D eigenvalue weighted by molar-refractivity contribution is -0.301. The molecule has 1 aliphatic carbocycles. The summed E-state index contributed by atoms with van der Waals surface area (Å²) in [6.07, 6.45) is 0.312. The molecule has 1 aliphatic rings. The van der Waals surface area contributed by atoms with Crippen molar-refractivity contribution >= 4 is 0 Å². The van der Waals surface area contributed by atoms with E-state index in [1.165, 1.54) is 20.8 Å². The predicted octanol–water partition coefficient (Wildman–Crippen LogP) is 3.71. The first-order valence-electron chi connectivity index (χ1n) is 4.38. The minimum absolute atomic E-state index is 0.150. The molecule has 1 fully saturated rings. The summed E-state index contributed by atoms with van der Waals surface area (Å²) >= 11 is 0. The minimum atomic E-state index is -3.89. The van der Waals surface area contributed by atoms with Crippen LogP contribution < -0.4 is 0 Å². The van der Waals surface area contributed by atoms with Gasteiger partial charge in [-0.2, -0.15) is 17.6 Å². The van der Waals surface area contributed by atoms with Crippen LogP contribution in [0.5, 0.6) is 0 Å². The van der Waals surface area contributed by atoms with Crippen molar-refractivity contribution in [2.75, 3.05) is 0 Å².